The van der Waals surface area contributed by atoms with Crippen molar-refractivity contribution in [2.75, 3.05) is 36.1 Å². The van der Waals surface area contributed by atoms with Crippen LogP contribution in [0.2, 0.25) is 0 Å². The maximum Gasteiger partial charge on any atom is 0.255 e. The average Bonchev–Trinajstić information content (AvgIpc) is 2.78. The van der Waals surface area contributed by atoms with E-state index in [1.54, 1.807) is 43.1 Å². The number of carbonyl (C=O) groups is 2. The highest BCUT2D eigenvalue weighted by atomic mass is 32.2. The molecular weight excluding hydrogens is 434 g/mol. The Balaban J connectivity index is 1.58. The van der Waals surface area contributed by atoms with Gasteiger partial charge in [-0.3, -0.25) is 9.59 Å². The summed E-state index contributed by atoms with van der Waals surface area (Å²) in [7, 11) is -1.91. The molecule has 4 rings (SSSR count). The molecule has 1 N–H and O–H groups in total. The molecule has 9 heteroatoms. The summed E-state index contributed by atoms with van der Waals surface area (Å²) >= 11 is 1.45. The van der Waals surface area contributed by atoms with Crippen LogP contribution in [0.3, 0.4) is 0 Å². The lowest BCUT2D eigenvalue weighted by Crippen LogP contribution is -2.36. The Bertz CT molecular complexity index is 1140. The van der Waals surface area contributed by atoms with E-state index in [1.165, 1.54) is 22.1 Å². The molecule has 2 heterocycles. The number of amides is 2. The van der Waals surface area contributed by atoms with Gasteiger partial charge in [-0.2, -0.15) is 4.31 Å². The number of nitrogens with zero attached hydrogens (tertiary/aromatic N) is 2. The number of rotatable bonds is 4. The lowest BCUT2D eigenvalue weighted by molar-refractivity contribution is -0.116. The Morgan fingerprint density at radius 3 is 2.55 bits per heavy atom. The number of anilines is 2. The van der Waals surface area contributed by atoms with Gasteiger partial charge in [0.25, 0.3) is 5.91 Å². The second-order valence-corrected chi connectivity index (χ2v) is 10.7. The quantitative estimate of drug-likeness (QED) is 0.756. The number of fused-ring (bicyclic) bond motifs is 1. The highest BCUT2D eigenvalue weighted by Crippen LogP contribution is 2.35. The van der Waals surface area contributed by atoms with Crippen molar-refractivity contribution in [1.82, 2.24) is 4.31 Å². The fourth-order valence-electron chi connectivity index (χ4n) is 3.82. The second-order valence-electron chi connectivity index (χ2n) is 7.82. The Kier molecular flexibility index (Phi) is 6.09. The molecule has 1 saturated heterocycles. The molecule has 7 nitrogen and oxygen atoms in total. The fourth-order valence-corrected chi connectivity index (χ4v) is 6.57. The van der Waals surface area contributed by atoms with Gasteiger partial charge in [0.2, 0.25) is 15.9 Å². The third-order valence-electron chi connectivity index (χ3n) is 5.69. The van der Waals surface area contributed by atoms with E-state index in [9.17, 15) is 18.0 Å². The number of thioether (sulfide) groups is 1. The van der Waals surface area contributed by atoms with Gasteiger partial charge in [0, 0.05) is 36.3 Å². The van der Waals surface area contributed by atoms with Crippen molar-refractivity contribution >= 4 is 45.0 Å². The van der Waals surface area contributed by atoms with Crippen LogP contribution < -0.4 is 10.2 Å². The van der Waals surface area contributed by atoms with Gasteiger partial charge in [0.15, 0.2) is 0 Å². The van der Waals surface area contributed by atoms with Crippen LogP contribution in [0.25, 0.3) is 0 Å². The molecule has 2 aliphatic heterocycles. The van der Waals surface area contributed by atoms with Crippen molar-refractivity contribution in [2.45, 2.75) is 36.0 Å². The molecule has 2 amide bonds. The van der Waals surface area contributed by atoms with Crippen molar-refractivity contribution in [3.63, 3.8) is 0 Å². The predicted octanol–water partition coefficient (Wildman–Crippen LogP) is 3.49. The van der Waals surface area contributed by atoms with E-state index >= 15 is 0 Å². The van der Waals surface area contributed by atoms with Gasteiger partial charge in [-0.1, -0.05) is 12.5 Å². The third kappa shape index (κ3) is 4.35. The van der Waals surface area contributed by atoms with Gasteiger partial charge >= 0.3 is 0 Å². The van der Waals surface area contributed by atoms with Crippen LogP contribution >= 0.6 is 11.8 Å². The summed E-state index contributed by atoms with van der Waals surface area (Å²) in [4.78, 5) is 27.5. The van der Waals surface area contributed by atoms with Gasteiger partial charge in [0.05, 0.1) is 16.3 Å². The summed E-state index contributed by atoms with van der Waals surface area (Å²) in [6, 6.07) is 10.2. The number of hydrogen-bond donors (Lipinski definition) is 1. The van der Waals surface area contributed by atoms with Crippen molar-refractivity contribution in [2.24, 2.45) is 0 Å². The lowest BCUT2D eigenvalue weighted by Gasteiger charge is -2.27. The Hall–Kier alpha value is -2.36. The van der Waals surface area contributed by atoms with E-state index in [0.717, 1.165) is 24.2 Å². The molecule has 0 radical (unpaired) electrons. The topological polar surface area (TPSA) is 86.8 Å². The first kappa shape index (κ1) is 21.9. The van der Waals surface area contributed by atoms with Crippen molar-refractivity contribution in [1.29, 1.82) is 0 Å². The molecule has 164 valence electrons. The minimum Gasteiger partial charge on any atom is -0.322 e. The van der Waals surface area contributed by atoms with Crippen LogP contribution in [0.4, 0.5) is 11.4 Å². The first-order chi connectivity index (χ1) is 14.8. The molecule has 2 aromatic carbocycles. The van der Waals surface area contributed by atoms with Crippen LogP contribution in [0.1, 0.15) is 35.2 Å². The highest BCUT2D eigenvalue weighted by molar-refractivity contribution is 8.00. The molecule has 1 fully saturated rings. The number of aryl methyl sites for hydroxylation is 1. The first-order valence-electron chi connectivity index (χ1n) is 10.2. The smallest absolute Gasteiger partial charge is 0.255 e. The summed E-state index contributed by atoms with van der Waals surface area (Å²) in [6.07, 6.45) is 2.77. The monoisotopic (exact) mass is 459 g/mol. The zero-order chi connectivity index (χ0) is 22.2. The Morgan fingerprint density at radius 1 is 1.06 bits per heavy atom. The first-order valence-corrected chi connectivity index (χ1v) is 12.7. The van der Waals surface area contributed by atoms with Crippen LogP contribution in [0, 0.1) is 6.92 Å². The van der Waals surface area contributed by atoms with E-state index in [2.05, 4.69) is 5.32 Å². The molecule has 0 spiro atoms. The summed E-state index contributed by atoms with van der Waals surface area (Å²) in [5.41, 5.74) is 2.17. The number of carbonyl (C=O) groups excluding carboxylic acids is 2. The van der Waals surface area contributed by atoms with Crippen molar-refractivity contribution in [3.8, 4) is 0 Å². The number of nitrogens with one attached hydrogen (secondary N) is 1. The van der Waals surface area contributed by atoms with Gasteiger partial charge in [-0.05, 0) is 55.7 Å². The number of sulfonamides is 1. The fraction of sp³-hybridized carbons (Fsp3) is 0.364. The zero-order valence-electron chi connectivity index (χ0n) is 17.6. The van der Waals surface area contributed by atoms with Crippen molar-refractivity contribution in [3.05, 3.63) is 47.5 Å². The van der Waals surface area contributed by atoms with Crippen LogP contribution in [-0.4, -0.2) is 50.4 Å². The standard InChI is InChI=1S/C22H25N3O4S2/c1-15-6-8-17(13-20(15)31(28,29)25-10-4-3-5-11-25)23-22(27)16-7-9-19-18(12-16)24(2)21(26)14-30-19/h6-9,12-13H,3-5,10-11,14H2,1-2H3,(H,23,27). The lowest BCUT2D eigenvalue weighted by atomic mass is 10.1. The van der Waals surface area contributed by atoms with Gasteiger partial charge < -0.3 is 10.2 Å². The molecule has 2 aromatic rings. The molecule has 31 heavy (non-hydrogen) atoms. The maximum atomic E-state index is 13.1. The molecule has 0 aromatic heterocycles. The third-order valence-corrected chi connectivity index (χ3v) is 8.77. The summed E-state index contributed by atoms with van der Waals surface area (Å²) < 4.78 is 27.8. The van der Waals surface area contributed by atoms with E-state index in [1.807, 2.05) is 6.07 Å². The van der Waals surface area contributed by atoms with Crippen LogP contribution in [-0.2, 0) is 14.8 Å². The average molecular weight is 460 g/mol. The minimum atomic E-state index is -3.61. The SMILES string of the molecule is Cc1ccc(NC(=O)c2ccc3c(c2)N(C)C(=O)CS3)cc1S(=O)(=O)N1CCCCC1. The molecular formula is C22H25N3O4S2. The van der Waals surface area contributed by atoms with E-state index in [-0.39, 0.29) is 16.7 Å². The number of hydrogen-bond acceptors (Lipinski definition) is 5. The van der Waals surface area contributed by atoms with Gasteiger partial charge in [-0.15, -0.1) is 11.8 Å². The van der Waals surface area contributed by atoms with E-state index < -0.39 is 10.0 Å². The maximum absolute atomic E-state index is 13.1. The van der Waals surface area contributed by atoms with E-state index in [4.69, 9.17) is 0 Å². The van der Waals surface area contributed by atoms with Gasteiger partial charge in [0.1, 0.15) is 0 Å². The largest absolute Gasteiger partial charge is 0.322 e. The molecule has 0 unspecified atom stereocenters. The van der Waals surface area contributed by atoms with E-state index in [0.29, 0.717) is 41.3 Å². The molecule has 2 aliphatic rings. The summed E-state index contributed by atoms with van der Waals surface area (Å²) in [5, 5.41) is 2.80. The number of benzene rings is 2. The van der Waals surface area contributed by atoms with Crippen LogP contribution in [0.5, 0.6) is 0 Å². The summed E-state index contributed by atoms with van der Waals surface area (Å²) in [5.74, 6) is 0.0118. The highest BCUT2D eigenvalue weighted by Gasteiger charge is 2.28. The Morgan fingerprint density at radius 2 is 1.81 bits per heavy atom. The normalized spacial score (nSPS) is 17.4. The zero-order valence-corrected chi connectivity index (χ0v) is 19.2. The Labute approximate surface area is 186 Å². The molecule has 0 saturated carbocycles. The molecule has 0 atom stereocenters. The number of piperidine rings is 1. The minimum absolute atomic E-state index is 0.0128. The van der Waals surface area contributed by atoms with Crippen LogP contribution in [0.15, 0.2) is 46.2 Å². The van der Waals surface area contributed by atoms with Gasteiger partial charge in [-0.25, -0.2) is 8.42 Å². The second kappa shape index (κ2) is 8.64. The summed E-state index contributed by atoms with van der Waals surface area (Å²) in [6.45, 7) is 2.81. The molecule has 0 bridgehead atoms. The van der Waals surface area contributed by atoms with Crippen molar-refractivity contribution < 1.29 is 18.0 Å². The predicted molar refractivity (Wildman–Crippen MR) is 122 cm³/mol. The molecule has 0 aliphatic carbocycles.